The zero-order valence-electron chi connectivity index (χ0n) is 21.8. The monoisotopic (exact) mass is 509 g/mol. The number of hydrogen-bond donors (Lipinski definition) is 3. The molecule has 9 nitrogen and oxygen atoms in total. The number of H-pyrrole nitrogens is 3. The smallest absolute Gasteiger partial charge is 0.314 e. The van der Waals surface area contributed by atoms with Gasteiger partial charge < -0.3 is 19.9 Å². The van der Waals surface area contributed by atoms with E-state index >= 15 is 0 Å². The third-order valence-corrected chi connectivity index (χ3v) is 7.27. The van der Waals surface area contributed by atoms with E-state index in [9.17, 15) is 9.59 Å². The van der Waals surface area contributed by atoms with Crippen LogP contribution in [-0.4, -0.2) is 56.0 Å². The number of benzene rings is 2. The molecule has 2 aromatic carbocycles. The number of nitrogens with one attached hydrogen (secondary N) is 3. The van der Waals surface area contributed by atoms with E-state index in [1.54, 1.807) is 0 Å². The molecule has 0 saturated carbocycles. The lowest BCUT2D eigenvalue weighted by Crippen LogP contribution is -2.46. The normalized spacial score (nSPS) is 15.0. The van der Waals surface area contributed by atoms with Gasteiger partial charge in [-0.05, 0) is 34.7 Å². The van der Waals surface area contributed by atoms with Crippen LogP contribution in [0.15, 0.2) is 64.3 Å². The number of aromatic nitrogens is 5. The van der Waals surface area contributed by atoms with E-state index in [4.69, 9.17) is 9.97 Å². The third-order valence-electron chi connectivity index (χ3n) is 7.27. The molecule has 3 aromatic heterocycles. The van der Waals surface area contributed by atoms with E-state index in [2.05, 4.69) is 69.8 Å². The summed E-state index contributed by atoms with van der Waals surface area (Å²) >= 11 is 0. The van der Waals surface area contributed by atoms with Crippen LogP contribution < -0.4 is 16.0 Å². The Balaban J connectivity index is 1.17. The van der Waals surface area contributed by atoms with Crippen molar-refractivity contribution in [1.82, 2.24) is 29.8 Å². The van der Waals surface area contributed by atoms with Crippen molar-refractivity contribution in [3.63, 3.8) is 0 Å². The molecule has 0 atom stereocenters. The van der Waals surface area contributed by atoms with Crippen LogP contribution in [0.5, 0.6) is 0 Å². The van der Waals surface area contributed by atoms with Crippen molar-refractivity contribution in [2.45, 2.75) is 32.7 Å². The van der Waals surface area contributed by atoms with Gasteiger partial charge in [0.2, 0.25) is 0 Å². The number of aromatic amines is 3. The van der Waals surface area contributed by atoms with Crippen molar-refractivity contribution in [2.24, 2.45) is 0 Å². The molecule has 0 amide bonds. The summed E-state index contributed by atoms with van der Waals surface area (Å²) in [5, 5.41) is 0. The molecule has 3 N–H and O–H groups in total. The maximum absolute atomic E-state index is 11.7. The number of pyridine rings is 1. The highest BCUT2D eigenvalue weighted by molar-refractivity contribution is 5.88. The Morgan fingerprint density at radius 2 is 1.53 bits per heavy atom. The van der Waals surface area contributed by atoms with E-state index < -0.39 is 11.1 Å². The van der Waals surface area contributed by atoms with Gasteiger partial charge in [0.15, 0.2) is 5.82 Å². The minimum Gasteiger partial charge on any atom is -0.352 e. The van der Waals surface area contributed by atoms with Crippen LogP contribution in [0, 0.1) is 0 Å². The van der Waals surface area contributed by atoms with Crippen molar-refractivity contribution in [3.8, 4) is 11.4 Å². The van der Waals surface area contributed by atoms with Gasteiger partial charge >= 0.3 is 11.1 Å². The van der Waals surface area contributed by atoms with E-state index in [-0.39, 0.29) is 5.41 Å². The fourth-order valence-corrected chi connectivity index (χ4v) is 5.05. The molecular formula is C29H31N7O2. The second-order valence-electron chi connectivity index (χ2n) is 11.0. The van der Waals surface area contributed by atoms with Crippen molar-refractivity contribution < 1.29 is 0 Å². The first-order valence-corrected chi connectivity index (χ1v) is 12.9. The first-order valence-electron chi connectivity index (χ1n) is 12.9. The first-order chi connectivity index (χ1) is 18.2. The number of fused-ring (bicyclic) bond motifs is 2. The Labute approximate surface area is 219 Å². The van der Waals surface area contributed by atoms with Crippen molar-refractivity contribution in [2.75, 3.05) is 31.1 Å². The summed E-state index contributed by atoms with van der Waals surface area (Å²) in [5.74, 6) is 1.76. The highest BCUT2D eigenvalue weighted by atomic mass is 16.2. The number of piperazine rings is 1. The van der Waals surface area contributed by atoms with Gasteiger partial charge in [-0.2, -0.15) is 0 Å². The molecule has 4 heterocycles. The molecule has 0 spiro atoms. The Morgan fingerprint density at radius 3 is 2.24 bits per heavy atom. The van der Waals surface area contributed by atoms with Gasteiger partial charge in [0.05, 0.1) is 16.6 Å². The Bertz CT molecular complexity index is 1730. The maximum atomic E-state index is 11.7. The van der Waals surface area contributed by atoms with Crippen molar-refractivity contribution in [3.05, 3.63) is 86.6 Å². The van der Waals surface area contributed by atoms with E-state index in [1.165, 1.54) is 5.56 Å². The average Bonchev–Trinajstić information content (AvgIpc) is 3.34. The molecule has 1 aliphatic rings. The minimum atomic E-state index is -0.632. The minimum absolute atomic E-state index is 0.110. The number of imidazole rings is 1. The third kappa shape index (κ3) is 4.61. The van der Waals surface area contributed by atoms with Crippen molar-refractivity contribution >= 4 is 27.9 Å². The molecule has 0 unspecified atom stereocenters. The van der Waals surface area contributed by atoms with Crippen LogP contribution in [0.4, 0.5) is 5.82 Å². The van der Waals surface area contributed by atoms with Gasteiger partial charge in [0.1, 0.15) is 11.3 Å². The number of anilines is 1. The van der Waals surface area contributed by atoms with Gasteiger partial charge in [-0.25, -0.2) is 9.97 Å². The number of rotatable bonds is 4. The molecule has 6 rings (SSSR count). The second kappa shape index (κ2) is 9.25. The molecule has 38 heavy (non-hydrogen) atoms. The average molecular weight is 510 g/mol. The van der Waals surface area contributed by atoms with Gasteiger partial charge in [-0.1, -0.05) is 51.1 Å². The first kappa shape index (κ1) is 24.1. The summed E-state index contributed by atoms with van der Waals surface area (Å²) in [6.07, 6.45) is 1.84. The summed E-state index contributed by atoms with van der Waals surface area (Å²) < 4.78 is 0. The molecule has 1 saturated heterocycles. The standard InChI is InChI=1S/C29H31N7O2/c1-29(2,3)20-7-5-19(6-8-20)25-31-22-10-11-30-26(24(22)34-25)36-14-12-35(13-15-36)17-18-4-9-21-23(16-18)33-28(38)27(37)32-21/h4-11,16H,12-15,17H2,1-3H3,(H,31,34)(H,32,37)(H,33,38). The van der Waals surface area contributed by atoms with Crippen LogP contribution in [0.2, 0.25) is 0 Å². The highest BCUT2D eigenvalue weighted by Crippen LogP contribution is 2.29. The van der Waals surface area contributed by atoms with E-state index in [1.807, 2.05) is 30.5 Å². The van der Waals surface area contributed by atoms with Crippen molar-refractivity contribution in [1.29, 1.82) is 0 Å². The van der Waals surface area contributed by atoms with Gasteiger partial charge in [-0.15, -0.1) is 0 Å². The lowest BCUT2D eigenvalue weighted by molar-refractivity contribution is 0.249. The Morgan fingerprint density at radius 1 is 0.816 bits per heavy atom. The fraction of sp³-hybridized carbons (Fsp3) is 0.310. The van der Waals surface area contributed by atoms with Crippen LogP contribution in [0.1, 0.15) is 31.9 Å². The summed E-state index contributed by atoms with van der Waals surface area (Å²) in [6.45, 7) is 10.8. The molecule has 0 bridgehead atoms. The largest absolute Gasteiger partial charge is 0.352 e. The topological polar surface area (TPSA) is 114 Å². The Kier molecular flexibility index (Phi) is 5.87. The van der Waals surface area contributed by atoms with E-state index in [0.717, 1.165) is 66.5 Å². The van der Waals surface area contributed by atoms with E-state index in [0.29, 0.717) is 11.0 Å². The zero-order valence-corrected chi connectivity index (χ0v) is 21.8. The van der Waals surface area contributed by atoms with Gasteiger partial charge in [0, 0.05) is 44.5 Å². The highest BCUT2D eigenvalue weighted by Gasteiger charge is 2.22. The molecule has 1 aliphatic heterocycles. The SMILES string of the molecule is CC(C)(C)c1ccc(-c2nc3c(N4CCN(Cc5ccc6[nH]c(=O)c(=O)[nH]c6c5)CC4)nccc3[nH]2)cc1. The number of hydrogen-bond acceptors (Lipinski definition) is 6. The fourth-order valence-electron chi connectivity index (χ4n) is 5.05. The van der Waals surface area contributed by atoms with Crippen LogP contribution in [-0.2, 0) is 12.0 Å². The second-order valence-corrected chi connectivity index (χ2v) is 11.0. The molecule has 0 radical (unpaired) electrons. The summed E-state index contributed by atoms with van der Waals surface area (Å²) in [6, 6.07) is 16.3. The Hall–Kier alpha value is -4.24. The molecule has 1 fully saturated rings. The van der Waals surface area contributed by atoms with Gasteiger partial charge in [-0.3, -0.25) is 14.5 Å². The molecule has 5 aromatic rings. The predicted molar refractivity (Wildman–Crippen MR) is 151 cm³/mol. The lowest BCUT2D eigenvalue weighted by atomic mass is 9.87. The summed E-state index contributed by atoms with van der Waals surface area (Å²) in [7, 11) is 0. The van der Waals surface area contributed by atoms with Crippen LogP contribution in [0.3, 0.4) is 0 Å². The van der Waals surface area contributed by atoms with Crippen LogP contribution in [0.25, 0.3) is 33.5 Å². The predicted octanol–water partition coefficient (Wildman–Crippen LogP) is 3.77. The number of nitrogens with zero attached hydrogens (tertiary/aromatic N) is 4. The zero-order chi connectivity index (χ0) is 26.4. The molecular weight excluding hydrogens is 478 g/mol. The molecule has 9 heteroatoms. The maximum Gasteiger partial charge on any atom is 0.314 e. The quantitative estimate of drug-likeness (QED) is 0.318. The van der Waals surface area contributed by atoms with Gasteiger partial charge in [0.25, 0.3) is 0 Å². The summed E-state index contributed by atoms with van der Waals surface area (Å²) in [5.41, 5.74) is 5.44. The molecule has 194 valence electrons. The van der Waals surface area contributed by atoms with Crippen LogP contribution >= 0.6 is 0 Å². The molecule has 0 aliphatic carbocycles. The lowest BCUT2D eigenvalue weighted by Gasteiger charge is -2.35. The summed E-state index contributed by atoms with van der Waals surface area (Å²) in [4.78, 5) is 46.3.